The van der Waals surface area contributed by atoms with Crippen LogP contribution in [-0.2, 0) is 9.53 Å². The number of alkyl carbamates (subject to hydrolysis) is 1. The molecular weight excluding hydrogens is 354 g/mol. The first-order chi connectivity index (χ1) is 13.2. The smallest absolute Gasteiger partial charge is 0.408 e. The van der Waals surface area contributed by atoms with Crippen LogP contribution < -0.4 is 15.5 Å². The summed E-state index contributed by atoms with van der Waals surface area (Å²) in [5.41, 5.74) is 1.86. The fourth-order valence-corrected chi connectivity index (χ4v) is 2.74. The van der Waals surface area contributed by atoms with Gasteiger partial charge in [-0.15, -0.1) is 0 Å². The first-order valence-corrected chi connectivity index (χ1v) is 9.26. The molecule has 0 spiro atoms. The average molecular weight is 383 g/mol. The van der Waals surface area contributed by atoms with E-state index in [1.807, 2.05) is 73.6 Å². The lowest BCUT2D eigenvalue weighted by molar-refractivity contribution is -0.116. The fourth-order valence-electron chi connectivity index (χ4n) is 2.74. The van der Waals surface area contributed by atoms with Crippen molar-refractivity contribution in [3.63, 3.8) is 0 Å². The second-order valence-corrected chi connectivity index (χ2v) is 7.77. The van der Waals surface area contributed by atoms with Crippen molar-refractivity contribution < 1.29 is 14.3 Å². The fraction of sp³-hybridized carbons (Fsp3) is 0.364. The minimum absolute atomic E-state index is 0.0883. The lowest BCUT2D eigenvalue weighted by Crippen LogP contribution is -2.36. The van der Waals surface area contributed by atoms with Crippen LogP contribution in [0.5, 0.6) is 0 Å². The molecule has 0 aliphatic rings. The van der Waals surface area contributed by atoms with Crippen molar-refractivity contribution in [3.05, 3.63) is 60.2 Å². The van der Waals surface area contributed by atoms with Gasteiger partial charge in [-0.05, 0) is 38.5 Å². The molecule has 6 nitrogen and oxygen atoms in total. The molecule has 0 aromatic heterocycles. The molecule has 2 aromatic carbocycles. The van der Waals surface area contributed by atoms with E-state index in [1.165, 1.54) is 0 Å². The molecule has 0 saturated heterocycles. The number of nitrogens with one attached hydrogen (secondary N) is 2. The Balaban J connectivity index is 2.14. The third-order valence-electron chi connectivity index (χ3n) is 3.94. The summed E-state index contributed by atoms with van der Waals surface area (Å²) < 4.78 is 5.35. The van der Waals surface area contributed by atoms with Crippen LogP contribution in [0.25, 0.3) is 0 Å². The highest BCUT2D eigenvalue weighted by Gasteiger charge is 2.23. The Hall–Kier alpha value is -3.02. The first-order valence-electron chi connectivity index (χ1n) is 9.26. The van der Waals surface area contributed by atoms with Crippen LogP contribution in [0.15, 0.2) is 54.6 Å². The zero-order valence-electron chi connectivity index (χ0n) is 17.2. The lowest BCUT2D eigenvalue weighted by Gasteiger charge is -2.24. The topological polar surface area (TPSA) is 70.7 Å². The first kappa shape index (κ1) is 21.3. The number of para-hydroxylation sites is 2. The molecule has 1 atom stereocenters. The molecule has 2 rings (SSSR count). The van der Waals surface area contributed by atoms with E-state index in [-0.39, 0.29) is 12.3 Å². The van der Waals surface area contributed by atoms with Gasteiger partial charge in [0.25, 0.3) is 0 Å². The van der Waals surface area contributed by atoms with Crippen molar-refractivity contribution >= 4 is 23.4 Å². The van der Waals surface area contributed by atoms with E-state index >= 15 is 0 Å². The number of nitrogens with zero attached hydrogens (tertiary/aromatic N) is 1. The van der Waals surface area contributed by atoms with Gasteiger partial charge in [0.15, 0.2) is 0 Å². The SMILES string of the molecule is CN(C)c1ccccc1NC(=O)C[C@H](NC(=O)OC(C)(C)C)c1ccccc1. The van der Waals surface area contributed by atoms with Crippen LogP contribution in [0.4, 0.5) is 16.2 Å². The van der Waals surface area contributed by atoms with E-state index in [0.717, 1.165) is 16.9 Å². The van der Waals surface area contributed by atoms with Gasteiger partial charge in [0, 0.05) is 14.1 Å². The maximum Gasteiger partial charge on any atom is 0.408 e. The number of amides is 2. The number of rotatable bonds is 6. The highest BCUT2D eigenvalue weighted by molar-refractivity contribution is 5.94. The summed E-state index contributed by atoms with van der Waals surface area (Å²) in [4.78, 5) is 26.9. The number of hydrogen-bond donors (Lipinski definition) is 2. The van der Waals surface area contributed by atoms with Crippen molar-refractivity contribution in [3.8, 4) is 0 Å². The van der Waals surface area contributed by atoms with Crippen LogP contribution in [0.3, 0.4) is 0 Å². The van der Waals surface area contributed by atoms with Gasteiger partial charge in [0.2, 0.25) is 5.91 Å². The van der Waals surface area contributed by atoms with Gasteiger partial charge in [-0.1, -0.05) is 42.5 Å². The zero-order valence-corrected chi connectivity index (χ0v) is 17.2. The third kappa shape index (κ3) is 6.61. The minimum Gasteiger partial charge on any atom is -0.444 e. The van der Waals surface area contributed by atoms with Crippen molar-refractivity contribution in [2.45, 2.75) is 38.8 Å². The van der Waals surface area contributed by atoms with E-state index in [9.17, 15) is 9.59 Å². The van der Waals surface area contributed by atoms with Gasteiger partial charge in [0.05, 0.1) is 23.8 Å². The van der Waals surface area contributed by atoms with Crippen molar-refractivity contribution in [1.29, 1.82) is 0 Å². The molecule has 2 aromatic rings. The molecule has 2 N–H and O–H groups in total. The quantitative estimate of drug-likeness (QED) is 0.778. The number of ether oxygens (including phenoxy) is 1. The summed E-state index contributed by atoms with van der Waals surface area (Å²) in [6, 6.07) is 16.5. The normalized spacial score (nSPS) is 12.0. The molecule has 0 saturated carbocycles. The standard InChI is InChI=1S/C22H29N3O3/c1-22(2,3)28-21(27)24-18(16-11-7-6-8-12-16)15-20(26)23-17-13-9-10-14-19(17)25(4)5/h6-14,18H,15H2,1-5H3,(H,23,26)(H,24,27)/t18-/m0/s1. The van der Waals surface area contributed by atoms with Gasteiger partial charge >= 0.3 is 6.09 Å². The molecule has 0 radical (unpaired) electrons. The second-order valence-electron chi connectivity index (χ2n) is 7.77. The molecule has 0 fully saturated rings. The van der Waals surface area contributed by atoms with E-state index in [1.54, 1.807) is 20.8 Å². The molecule has 2 amide bonds. The Kier molecular flexibility index (Phi) is 7.04. The van der Waals surface area contributed by atoms with Gasteiger partial charge in [-0.3, -0.25) is 4.79 Å². The molecule has 0 heterocycles. The van der Waals surface area contributed by atoms with Crippen LogP contribution in [-0.4, -0.2) is 31.7 Å². The van der Waals surface area contributed by atoms with Crippen LogP contribution in [0, 0.1) is 0 Å². The number of carbonyl (C=O) groups is 2. The summed E-state index contributed by atoms with van der Waals surface area (Å²) in [5.74, 6) is -0.195. The Bertz CT molecular complexity index is 798. The van der Waals surface area contributed by atoms with E-state index in [2.05, 4.69) is 10.6 Å². The molecule has 28 heavy (non-hydrogen) atoms. The van der Waals surface area contributed by atoms with Crippen LogP contribution in [0.2, 0.25) is 0 Å². The molecular formula is C22H29N3O3. The number of carbonyl (C=O) groups excluding carboxylic acids is 2. The van der Waals surface area contributed by atoms with Crippen LogP contribution >= 0.6 is 0 Å². The number of benzene rings is 2. The highest BCUT2D eigenvalue weighted by Crippen LogP contribution is 2.25. The Morgan fingerprint density at radius 1 is 1.00 bits per heavy atom. The van der Waals surface area contributed by atoms with Crippen LogP contribution in [0.1, 0.15) is 38.8 Å². The molecule has 6 heteroatoms. The summed E-state index contributed by atoms with van der Waals surface area (Å²) in [7, 11) is 3.84. The van der Waals surface area contributed by atoms with Gasteiger partial charge in [-0.25, -0.2) is 4.79 Å². The van der Waals surface area contributed by atoms with Crippen molar-refractivity contribution in [2.75, 3.05) is 24.3 Å². The Labute approximate surface area is 166 Å². The third-order valence-corrected chi connectivity index (χ3v) is 3.94. The maximum atomic E-state index is 12.7. The predicted octanol–water partition coefficient (Wildman–Crippen LogP) is 4.35. The molecule has 0 aliphatic heterocycles. The van der Waals surface area contributed by atoms with Gasteiger partial charge in [0.1, 0.15) is 5.60 Å². The van der Waals surface area contributed by atoms with E-state index < -0.39 is 17.7 Å². The Morgan fingerprint density at radius 2 is 1.61 bits per heavy atom. The number of hydrogen-bond acceptors (Lipinski definition) is 4. The summed E-state index contributed by atoms with van der Waals surface area (Å²) in [6.45, 7) is 5.40. The monoisotopic (exact) mass is 383 g/mol. The molecule has 0 bridgehead atoms. The van der Waals surface area contributed by atoms with Crippen molar-refractivity contribution in [2.24, 2.45) is 0 Å². The predicted molar refractivity (Wildman–Crippen MR) is 113 cm³/mol. The van der Waals surface area contributed by atoms with E-state index in [0.29, 0.717) is 0 Å². The van der Waals surface area contributed by atoms with Gasteiger partial charge in [-0.2, -0.15) is 0 Å². The minimum atomic E-state index is -0.613. The molecule has 0 unspecified atom stereocenters. The van der Waals surface area contributed by atoms with E-state index in [4.69, 9.17) is 4.74 Å². The number of anilines is 2. The van der Waals surface area contributed by atoms with Gasteiger partial charge < -0.3 is 20.3 Å². The zero-order chi connectivity index (χ0) is 20.7. The summed E-state index contributed by atoms with van der Waals surface area (Å²) >= 11 is 0. The van der Waals surface area contributed by atoms with Crippen molar-refractivity contribution in [1.82, 2.24) is 5.32 Å². The summed E-state index contributed by atoms with van der Waals surface area (Å²) in [6.07, 6.45) is -0.465. The molecule has 0 aliphatic carbocycles. The highest BCUT2D eigenvalue weighted by atomic mass is 16.6. The molecule has 150 valence electrons. The average Bonchev–Trinajstić information content (AvgIpc) is 2.60. The lowest BCUT2D eigenvalue weighted by atomic mass is 10.0. The summed E-state index contributed by atoms with van der Waals surface area (Å²) in [5, 5.41) is 5.75. The second kappa shape index (κ2) is 9.26. The Morgan fingerprint density at radius 3 is 2.21 bits per heavy atom. The maximum absolute atomic E-state index is 12.7. The largest absolute Gasteiger partial charge is 0.444 e.